The molecule has 8 nitrogen and oxygen atoms in total. The van der Waals surface area contributed by atoms with E-state index >= 15 is 0 Å². The number of nitrogens with zero attached hydrogens (tertiary/aromatic N) is 2. The topological polar surface area (TPSA) is 115 Å². The second-order valence-electron chi connectivity index (χ2n) is 6.56. The number of nitrogens with one attached hydrogen (secondary N) is 1. The average Bonchev–Trinajstić information content (AvgIpc) is 3.07. The highest BCUT2D eigenvalue weighted by atomic mass is 16.5. The van der Waals surface area contributed by atoms with Gasteiger partial charge >= 0.3 is 5.97 Å². The monoisotopic (exact) mass is 359 g/mol. The lowest BCUT2D eigenvalue weighted by Crippen LogP contribution is -2.43. The van der Waals surface area contributed by atoms with E-state index in [1.54, 1.807) is 20.1 Å². The van der Waals surface area contributed by atoms with Crippen LogP contribution in [0.15, 0.2) is 28.8 Å². The van der Waals surface area contributed by atoms with Crippen molar-refractivity contribution in [1.29, 1.82) is 0 Å². The third kappa shape index (κ3) is 3.40. The summed E-state index contributed by atoms with van der Waals surface area (Å²) < 4.78 is 10.5. The first-order valence-corrected chi connectivity index (χ1v) is 8.45. The molecule has 1 amide bonds. The van der Waals surface area contributed by atoms with Crippen molar-refractivity contribution in [2.24, 2.45) is 5.41 Å². The lowest BCUT2D eigenvalue weighted by atomic mass is 9.66. The Labute approximate surface area is 150 Å². The molecule has 2 aromatic rings. The minimum Gasteiger partial charge on any atom is -0.496 e. The number of carboxylic acid groups (broad SMARTS) is 1. The van der Waals surface area contributed by atoms with Crippen LogP contribution in [0, 0.1) is 5.41 Å². The Balaban J connectivity index is 1.67. The maximum absolute atomic E-state index is 12.2. The Hall–Kier alpha value is -2.90. The number of benzene rings is 1. The first kappa shape index (κ1) is 17.9. The fourth-order valence-electron chi connectivity index (χ4n) is 3.08. The van der Waals surface area contributed by atoms with E-state index in [0.717, 1.165) is 6.42 Å². The van der Waals surface area contributed by atoms with E-state index in [4.69, 9.17) is 9.26 Å². The Morgan fingerprint density at radius 3 is 2.73 bits per heavy atom. The molecule has 26 heavy (non-hydrogen) atoms. The van der Waals surface area contributed by atoms with Gasteiger partial charge in [0.1, 0.15) is 11.8 Å². The summed E-state index contributed by atoms with van der Waals surface area (Å²) in [4.78, 5) is 27.9. The number of rotatable bonds is 7. The second kappa shape index (κ2) is 7.15. The average molecular weight is 359 g/mol. The summed E-state index contributed by atoms with van der Waals surface area (Å²) in [5, 5.41) is 16.0. The third-order valence-electron chi connectivity index (χ3n) is 4.80. The number of aromatic nitrogens is 2. The number of amides is 1. The SMILES string of the molecule is COc1ccccc1-c1noc(C(C)NC(=O)CC2(C(=O)O)CCC2)n1. The van der Waals surface area contributed by atoms with E-state index in [1.165, 1.54) is 0 Å². The van der Waals surface area contributed by atoms with Crippen LogP contribution in [0.1, 0.15) is 44.5 Å². The first-order valence-electron chi connectivity index (χ1n) is 8.45. The molecule has 1 aliphatic carbocycles. The zero-order valence-corrected chi connectivity index (χ0v) is 14.7. The highest BCUT2D eigenvalue weighted by Gasteiger charge is 2.46. The van der Waals surface area contributed by atoms with Crippen LogP contribution in [0.25, 0.3) is 11.4 Å². The number of carbonyl (C=O) groups is 2. The predicted molar refractivity (Wildman–Crippen MR) is 91.4 cm³/mol. The smallest absolute Gasteiger partial charge is 0.310 e. The number of hydrogen-bond acceptors (Lipinski definition) is 6. The van der Waals surface area contributed by atoms with Gasteiger partial charge in [-0.3, -0.25) is 9.59 Å². The predicted octanol–water partition coefficient (Wildman–Crippen LogP) is 2.57. The molecule has 0 spiro atoms. The van der Waals surface area contributed by atoms with E-state index in [2.05, 4.69) is 15.5 Å². The van der Waals surface area contributed by atoms with Crippen molar-refractivity contribution in [3.8, 4) is 17.1 Å². The van der Waals surface area contributed by atoms with Crippen LogP contribution in [0.2, 0.25) is 0 Å². The summed E-state index contributed by atoms with van der Waals surface area (Å²) in [6.45, 7) is 1.71. The fraction of sp³-hybridized carbons (Fsp3) is 0.444. The number of ether oxygens (including phenoxy) is 1. The van der Waals surface area contributed by atoms with Gasteiger partial charge in [0.2, 0.25) is 17.6 Å². The van der Waals surface area contributed by atoms with Crippen molar-refractivity contribution in [2.75, 3.05) is 7.11 Å². The Morgan fingerprint density at radius 1 is 1.38 bits per heavy atom. The van der Waals surface area contributed by atoms with Gasteiger partial charge in [-0.15, -0.1) is 0 Å². The van der Waals surface area contributed by atoms with Crippen LogP contribution in [0.4, 0.5) is 0 Å². The molecule has 1 aliphatic rings. The number of methoxy groups -OCH3 is 1. The lowest BCUT2D eigenvalue weighted by molar-refractivity contribution is -0.157. The summed E-state index contributed by atoms with van der Waals surface area (Å²) in [6, 6.07) is 6.75. The molecule has 1 unspecified atom stereocenters. The summed E-state index contributed by atoms with van der Waals surface area (Å²) in [6.07, 6.45) is 1.85. The minimum atomic E-state index is -0.929. The Bertz CT molecular complexity index is 813. The van der Waals surface area contributed by atoms with Crippen molar-refractivity contribution in [3.05, 3.63) is 30.2 Å². The van der Waals surface area contributed by atoms with Gasteiger partial charge in [-0.2, -0.15) is 4.98 Å². The molecule has 0 bridgehead atoms. The number of carbonyl (C=O) groups excluding carboxylic acids is 1. The molecule has 0 saturated heterocycles. The molecule has 1 saturated carbocycles. The molecular formula is C18H21N3O5. The van der Waals surface area contributed by atoms with Crippen molar-refractivity contribution < 1.29 is 24.0 Å². The summed E-state index contributed by atoms with van der Waals surface area (Å²) in [5.74, 6) is -0.0267. The van der Waals surface area contributed by atoms with Gasteiger partial charge in [0, 0.05) is 6.42 Å². The molecular weight excluding hydrogens is 338 g/mol. The van der Waals surface area contributed by atoms with Gasteiger partial charge in [-0.05, 0) is 31.9 Å². The summed E-state index contributed by atoms with van der Waals surface area (Å²) in [5.41, 5.74) is -0.246. The van der Waals surface area contributed by atoms with E-state index < -0.39 is 17.4 Å². The number of aliphatic carboxylic acids is 1. The van der Waals surface area contributed by atoms with Crippen LogP contribution >= 0.6 is 0 Å². The van der Waals surface area contributed by atoms with Crippen molar-refractivity contribution >= 4 is 11.9 Å². The molecule has 1 heterocycles. The second-order valence-corrected chi connectivity index (χ2v) is 6.56. The van der Waals surface area contributed by atoms with Crippen molar-refractivity contribution in [3.63, 3.8) is 0 Å². The van der Waals surface area contributed by atoms with Gasteiger partial charge in [-0.1, -0.05) is 23.7 Å². The standard InChI is InChI=1S/C18H21N3O5/c1-11(19-14(22)10-18(17(23)24)8-5-9-18)16-20-15(21-26-16)12-6-3-4-7-13(12)25-2/h3-4,6-7,11H,5,8-10H2,1-2H3,(H,19,22)(H,23,24). The molecule has 8 heteroatoms. The molecule has 1 atom stereocenters. The van der Waals surface area contributed by atoms with E-state index in [1.807, 2.05) is 18.2 Å². The van der Waals surface area contributed by atoms with Gasteiger partial charge in [-0.25, -0.2) is 0 Å². The van der Waals surface area contributed by atoms with Gasteiger partial charge < -0.3 is 19.7 Å². The van der Waals surface area contributed by atoms with Gasteiger partial charge in [0.15, 0.2) is 0 Å². The molecule has 0 radical (unpaired) electrons. The first-order chi connectivity index (χ1) is 12.4. The van der Waals surface area contributed by atoms with E-state index in [9.17, 15) is 14.7 Å². The van der Waals surface area contributed by atoms with Crippen LogP contribution in [0.3, 0.4) is 0 Å². The maximum atomic E-state index is 12.2. The van der Waals surface area contributed by atoms with E-state index in [-0.39, 0.29) is 18.2 Å². The Kier molecular flexibility index (Phi) is 4.92. The van der Waals surface area contributed by atoms with Crippen molar-refractivity contribution in [1.82, 2.24) is 15.5 Å². The molecule has 0 aliphatic heterocycles. The summed E-state index contributed by atoms with van der Waals surface area (Å²) in [7, 11) is 1.56. The number of carboxylic acids is 1. The van der Waals surface area contributed by atoms with Crippen molar-refractivity contribution in [2.45, 2.75) is 38.6 Å². The fourth-order valence-corrected chi connectivity index (χ4v) is 3.08. The normalized spacial score (nSPS) is 16.4. The lowest BCUT2D eigenvalue weighted by Gasteiger charge is -2.37. The largest absolute Gasteiger partial charge is 0.496 e. The van der Waals surface area contributed by atoms with Crippen LogP contribution in [0.5, 0.6) is 5.75 Å². The number of hydrogen-bond donors (Lipinski definition) is 2. The van der Waals surface area contributed by atoms with Crippen LogP contribution < -0.4 is 10.1 Å². The molecule has 138 valence electrons. The maximum Gasteiger partial charge on any atom is 0.310 e. The third-order valence-corrected chi connectivity index (χ3v) is 4.80. The minimum absolute atomic E-state index is 0.0415. The molecule has 1 aromatic heterocycles. The molecule has 3 rings (SSSR count). The zero-order chi connectivity index (χ0) is 18.7. The zero-order valence-electron chi connectivity index (χ0n) is 14.7. The van der Waals surface area contributed by atoms with Crippen LogP contribution in [-0.4, -0.2) is 34.2 Å². The van der Waals surface area contributed by atoms with E-state index in [0.29, 0.717) is 30.0 Å². The van der Waals surface area contributed by atoms with Gasteiger partial charge in [0.25, 0.3) is 0 Å². The molecule has 1 fully saturated rings. The quantitative estimate of drug-likeness (QED) is 0.780. The summed E-state index contributed by atoms with van der Waals surface area (Å²) >= 11 is 0. The highest BCUT2D eigenvalue weighted by molar-refractivity contribution is 5.85. The highest BCUT2D eigenvalue weighted by Crippen LogP contribution is 2.44. The number of para-hydroxylation sites is 1. The Morgan fingerprint density at radius 2 is 2.12 bits per heavy atom. The molecule has 1 aromatic carbocycles. The van der Waals surface area contributed by atoms with Crippen LogP contribution in [-0.2, 0) is 9.59 Å². The molecule has 2 N–H and O–H groups in total. The van der Waals surface area contributed by atoms with Gasteiger partial charge in [0.05, 0.1) is 18.1 Å².